The maximum absolute atomic E-state index is 15.7. The number of nitrogens with two attached hydrogens (primary N) is 7. The SMILES string of the molecule is CC(C)C[C@@H]1NC(=O)[C@H](CCCNC(=N)N)NC(=O)[C@H](CC(C)C)NC(=O)[C@@H]2CCCN2C(=O)[C@H]2CCCN2C(=O)[C@H](C(C)C)NC(=O)[C@H](CCCNC(=N)N)NC(=O)[C@H](Cc2ccc(O)cc2)NC(=O)[C@H](CCCCN)NC(=O)[C@H](Cc2ccc(OCc3ccccc3)cc2)NC(=O)[C@H](CCCNC(=N)N)NC(=O)[C@H](CCCNC(=N)N)NC(=O)[C@H](CCCCN)NC(=O)[C@H](CCCCN)NC1=O. The summed E-state index contributed by atoms with van der Waals surface area (Å²) < 4.78 is 6.10. The molecule has 139 heavy (non-hydrogen) atoms. The normalized spacial score (nSPS) is 23.3. The third-order valence-corrected chi connectivity index (χ3v) is 24.0. The number of unbranched alkanes of at least 4 members (excludes halogenated alkanes) is 3. The van der Waals surface area contributed by atoms with Gasteiger partial charge in [-0.2, -0.15) is 0 Å². The van der Waals surface area contributed by atoms with Crippen LogP contribution in [0.5, 0.6) is 11.5 Å². The van der Waals surface area contributed by atoms with Gasteiger partial charge in [-0.1, -0.05) is 96.1 Å². The van der Waals surface area contributed by atoms with E-state index in [1.165, 1.54) is 34.1 Å². The fourth-order valence-electron chi connectivity index (χ4n) is 16.6. The molecule has 14 atom stereocenters. The maximum Gasteiger partial charge on any atom is 0.246 e. The van der Waals surface area contributed by atoms with E-state index < -0.39 is 191 Å². The van der Waals surface area contributed by atoms with Gasteiger partial charge in [0.15, 0.2) is 23.8 Å². The number of phenolic OH excluding ortho intramolecular Hbond substituents is 1. The summed E-state index contributed by atoms with van der Waals surface area (Å²) >= 11 is 0. The molecule has 0 aromatic heterocycles. The summed E-state index contributed by atoms with van der Waals surface area (Å²) in [6.07, 6.45) is 1.33. The molecule has 45 heteroatoms. The minimum absolute atomic E-state index is 0.0106. The number of hydrogen-bond acceptors (Lipinski definition) is 23. The molecule has 3 fully saturated rings. The fraction of sp³-hybridized carbons (Fsp3) is 0.617. The Labute approximate surface area is 813 Å². The van der Waals surface area contributed by atoms with Crippen molar-refractivity contribution in [2.24, 2.45) is 57.9 Å². The molecule has 35 N–H and O–H groups in total. The number of benzene rings is 3. The predicted molar refractivity (Wildman–Crippen MR) is 524 cm³/mol. The van der Waals surface area contributed by atoms with Gasteiger partial charge in [-0.3, -0.25) is 88.8 Å². The molecular formula is C94H153N29O16. The van der Waals surface area contributed by atoms with Crippen molar-refractivity contribution in [2.75, 3.05) is 58.9 Å². The Morgan fingerprint density at radius 1 is 0.353 bits per heavy atom. The highest BCUT2D eigenvalue weighted by atomic mass is 16.5. The van der Waals surface area contributed by atoms with Crippen molar-refractivity contribution in [3.05, 3.63) is 95.6 Å². The smallest absolute Gasteiger partial charge is 0.246 e. The van der Waals surface area contributed by atoms with Crippen LogP contribution in [-0.2, 0) is 86.6 Å². The van der Waals surface area contributed by atoms with Gasteiger partial charge < -0.3 is 145 Å². The molecule has 770 valence electrons. The second-order valence-corrected chi connectivity index (χ2v) is 36.8. The van der Waals surface area contributed by atoms with E-state index in [0.717, 1.165) is 5.56 Å². The van der Waals surface area contributed by atoms with Crippen LogP contribution in [0.3, 0.4) is 0 Å². The van der Waals surface area contributed by atoms with Gasteiger partial charge in [0.25, 0.3) is 0 Å². The molecule has 3 aromatic carbocycles. The number of aromatic hydroxyl groups is 1. The Morgan fingerprint density at radius 2 is 0.640 bits per heavy atom. The summed E-state index contributed by atoms with van der Waals surface area (Å²) in [6, 6.07) is 1.46. The van der Waals surface area contributed by atoms with Gasteiger partial charge >= 0.3 is 0 Å². The molecule has 0 radical (unpaired) electrons. The molecule has 3 aliphatic rings. The van der Waals surface area contributed by atoms with E-state index in [1.54, 1.807) is 65.8 Å². The molecule has 3 heterocycles. The molecule has 0 bridgehead atoms. The van der Waals surface area contributed by atoms with Crippen LogP contribution < -0.4 is 130 Å². The average Bonchev–Trinajstić information content (AvgIpc) is 1.65. The van der Waals surface area contributed by atoms with Crippen LogP contribution in [-0.4, -0.2) is 265 Å². The first-order chi connectivity index (χ1) is 66.3. The van der Waals surface area contributed by atoms with Crippen molar-refractivity contribution in [1.29, 1.82) is 21.6 Å². The summed E-state index contributed by atoms with van der Waals surface area (Å²) in [7, 11) is 0. The predicted octanol–water partition coefficient (Wildman–Crippen LogP) is -2.24. The van der Waals surface area contributed by atoms with Crippen molar-refractivity contribution in [1.82, 2.24) is 94.9 Å². The molecule has 3 aliphatic heterocycles. The molecule has 0 unspecified atom stereocenters. The van der Waals surface area contributed by atoms with E-state index in [9.17, 15) is 14.7 Å². The van der Waals surface area contributed by atoms with Crippen molar-refractivity contribution in [3.8, 4) is 11.5 Å². The minimum Gasteiger partial charge on any atom is -0.508 e. The number of rotatable bonds is 40. The van der Waals surface area contributed by atoms with E-state index in [4.69, 9.17) is 66.5 Å². The first-order valence-corrected chi connectivity index (χ1v) is 48.5. The summed E-state index contributed by atoms with van der Waals surface area (Å²) in [5.74, 6) is -14.5. The lowest BCUT2D eigenvalue weighted by atomic mass is 9.99. The van der Waals surface area contributed by atoms with E-state index in [2.05, 4.69) is 85.1 Å². The number of nitrogens with one attached hydrogen (secondary N) is 20. The quantitative estimate of drug-likeness (QED) is 0.0163. The van der Waals surface area contributed by atoms with E-state index in [1.807, 2.05) is 30.3 Å². The van der Waals surface area contributed by atoms with Crippen molar-refractivity contribution >= 4 is 107 Å². The lowest BCUT2D eigenvalue weighted by Gasteiger charge is -2.34. The van der Waals surface area contributed by atoms with Gasteiger partial charge in [-0.25, -0.2) is 0 Å². The molecule has 6 rings (SSSR count). The largest absolute Gasteiger partial charge is 0.508 e. The summed E-state index contributed by atoms with van der Waals surface area (Å²) in [5, 5.41) is 86.4. The van der Waals surface area contributed by atoms with Crippen LogP contribution in [0.1, 0.15) is 206 Å². The lowest BCUT2D eigenvalue weighted by molar-refractivity contribution is -0.148. The van der Waals surface area contributed by atoms with Crippen LogP contribution in [0.4, 0.5) is 0 Å². The number of ether oxygens (including phenoxy) is 1. The number of phenols is 1. The van der Waals surface area contributed by atoms with Gasteiger partial charge in [0.1, 0.15) is 103 Å². The van der Waals surface area contributed by atoms with Crippen molar-refractivity contribution < 1.29 is 77.0 Å². The highest BCUT2D eigenvalue weighted by molar-refractivity contribution is 6.01. The molecular weight excluding hydrogens is 1790 g/mol. The molecule has 0 aliphatic carbocycles. The zero-order chi connectivity index (χ0) is 102. The highest BCUT2D eigenvalue weighted by Crippen LogP contribution is 2.28. The number of carbonyl (C=O) groups excluding carboxylic acids is 14. The van der Waals surface area contributed by atoms with Gasteiger partial charge in [0.2, 0.25) is 82.7 Å². The average molecular weight is 1950 g/mol. The van der Waals surface area contributed by atoms with Gasteiger partial charge in [0, 0.05) is 52.1 Å². The van der Waals surface area contributed by atoms with E-state index >= 15 is 57.5 Å². The van der Waals surface area contributed by atoms with Crippen LogP contribution in [0.2, 0.25) is 0 Å². The Bertz CT molecular complexity index is 4530. The van der Waals surface area contributed by atoms with Crippen LogP contribution in [0.25, 0.3) is 0 Å². The summed E-state index contributed by atoms with van der Waals surface area (Å²) in [5.41, 5.74) is 42.5. The zero-order valence-electron chi connectivity index (χ0n) is 81.1. The number of hydrogen-bond donors (Lipinski definition) is 28. The topological polar surface area (TPSA) is 745 Å². The zero-order valence-corrected chi connectivity index (χ0v) is 81.1. The molecule has 0 spiro atoms. The Kier molecular flexibility index (Phi) is 49.9. The lowest BCUT2D eigenvalue weighted by Crippen LogP contribution is -2.62. The van der Waals surface area contributed by atoms with Gasteiger partial charge in [-0.15, -0.1) is 0 Å². The van der Waals surface area contributed by atoms with Gasteiger partial charge in [-0.05, 0) is 226 Å². The second kappa shape index (κ2) is 60.5. The van der Waals surface area contributed by atoms with Crippen LogP contribution in [0.15, 0.2) is 78.9 Å². The van der Waals surface area contributed by atoms with Crippen LogP contribution in [0, 0.1) is 39.4 Å². The van der Waals surface area contributed by atoms with E-state index in [0.29, 0.717) is 49.0 Å². The molecule has 3 aromatic rings. The highest BCUT2D eigenvalue weighted by Gasteiger charge is 2.46. The first kappa shape index (κ1) is 115. The Balaban J connectivity index is 1.54. The third kappa shape index (κ3) is 40.8. The number of fused-ring (bicyclic) bond motifs is 2. The second-order valence-electron chi connectivity index (χ2n) is 36.8. The monoisotopic (exact) mass is 1940 g/mol. The Morgan fingerprint density at radius 3 is 0.971 bits per heavy atom. The van der Waals surface area contributed by atoms with Crippen molar-refractivity contribution in [2.45, 2.75) is 293 Å². The Hall–Kier alpha value is -13.2. The maximum atomic E-state index is 15.7. The number of nitrogens with zero attached hydrogens (tertiary/aromatic N) is 2. The minimum atomic E-state index is -1.63. The first-order valence-electron chi connectivity index (χ1n) is 48.5. The number of amides is 14. The number of guanidine groups is 4. The third-order valence-electron chi connectivity index (χ3n) is 24.0. The summed E-state index contributed by atoms with van der Waals surface area (Å²) in [4.78, 5) is 216. The van der Waals surface area contributed by atoms with Gasteiger partial charge in [0.05, 0.1) is 0 Å². The molecule has 45 nitrogen and oxygen atoms in total. The molecule has 0 saturated carbocycles. The number of carbonyl (C=O) groups is 14. The summed E-state index contributed by atoms with van der Waals surface area (Å²) in [6.45, 7) is 11.3. The molecule has 14 amide bonds. The molecule has 3 saturated heterocycles. The van der Waals surface area contributed by atoms with E-state index in [-0.39, 0.29) is 217 Å². The standard InChI is InChI=1S/C94H153N29O16/c1-55(2)50-70-84(132)113-64(25-11-14-42-96)78(126)110-63(24-10-13-41-95)77(125)111-66(27-16-44-106-91(98)99)79(127)112-67(28-17-45-107-92(100)101)82(130)119-73(53-59-35-39-62(40-36-59)139-54-60-22-8-7-9-23-60)86(134)114-65(26-12-15-43-97)80(128)118-72(52-58-33-37-61(124)38-34-58)87(135)116-69(30-19-47-109-94(104)105)83(131)121-76(57(5)6)90(138)123-49-21-32-75(123)89(137)122-48-20-31-74(122)88(136)120-71(51-56(3)4)85(133)115-68(81(129)117-70)29-18-46-108-93(102)103/h7-9,22-23,33-40,55-57,63-76,124H,10-21,24-32,41-54,95-97H2,1-6H3,(H,110,126)(H,111,125)(H,112,127)(H,113,132)(H,114,134)(H,115,133)(H,116,135)(H,117,129)(H,118,128)(H,119,130)(H,120,136)(H,121,131)(H4,98,99,106)(H4,100,101,107)(H4,102,103,108)(H4,104,105,109)/t63-,64-,65-,66-,67-,68-,69-,70-,71-,72-,73-,74-,75+,76-/m0/s1. The van der Waals surface area contributed by atoms with Crippen molar-refractivity contribution in [3.63, 3.8) is 0 Å². The van der Waals surface area contributed by atoms with Crippen LogP contribution >= 0.6 is 0 Å². The fourth-order valence-corrected chi connectivity index (χ4v) is 16.6.